The molecule has 0 amide bonds. The van der Waals surface area contributed by atoms with Crippen molar-refractivity contribution in [1.29, 1.82) is 0 Å². The molecule has 8 heteroatoms. The molecule has 0 spiro atoms. The number of hydrogen-bond donors (Lipinski definition) is 0. The highest BCUT2D eigenvalue weighted by Gasteiger charge is 2.30. The van der Waals surface area contributed by atoms with Gasteiger partial charge in [-0.3, -0.25) is 4.18 Å². The summed E-state index contributed by atoms with van der Waals surface area (Å²) < 4.78 is 23.2. The van der Waals surface area contributed by atoms with Crippen molar-refractivity contribution in [3.8, 4) is 0 Å². The van der Waals surface area contributed by atoms with Crippen LogP contribution < -0.4 is 0 Å². The van der Waals surface area contributed by atoms with Crippen LogP contribution in [0.1, 0.15) is 10.4 Å². The highest BCUT2D eigenvalue weighted by atomic mass is 32.2. The van der Waals surface area contributed by atoms with Crippen molar-refractivity contribution < 1.29 is 21.7 Å². The third-order valence-electron chi connectivity index (χ3n) is 1.37. The summed E-state index contributed by atoms with van der Waals surface area (Å²) in [4.78, 5) is 21.0. The fourth-order valence-electron chi connectivity index (χ4n) is 0.748. The van der Waals surface area contributed by atoms with Crippen molar-refractivity contribution in [2.75, 3.05) is 0 Å². The maximum absolute atomic E-state index is 11.1. The van der Waals surface area contributed by atoms with Gasteiger partial charge in [-0.15, -0.1) is 8.42 Å². The Bertz CT molecular complexity index is 479. The normalized spacial score (nSPS) is 10.7. The highest BCUT2D eigenvalue weighted by Crippen LogP contribution is 2.04. The molecule has 0 radical (unpaired) electrons. The Kier molecular flexibility index (Phi) is 3.00. The molecule has 0 atom stereocenters. The minimum Gasteiger partial charge on any atom is -0.288 e. The van der Waals surface area contributed by atoms with Crippen molar-refractivity contribution in [2.45, 2.75) is 0 Å². The molecular formula is C7H5NO6S. The number of nitro groups is 1. The quantitative estimate of drug-likeness (QED) is 0.549. The van der Waals surface area contributed by atoms with Crippen LogP contribution in [0.5, 0.6) is 0 Å². The molecule has 7 nitrogen and oxygen atoms in total. The van der Waals surface area contributed by atoms with Gasteiger partial charge in [0.05, 0.1) is 5.56 Å². The largest absolute Gasteiger partial charge is 0.620 e. The first-order valence-electron chi connectivity index (χ1n) is 3.62. The van der Waals surface area contributed by atoms with Crippen LogP contribution in [0.3, 0.4) is 0 Å². The highest BCUT2D eigenvalue weighted by molar-refractivity contribution is 7.80. The maximum Gasteiger partial charge on any atom is 0.620 e. The SMILES string of the molecule is O=C(OS(=O)(=O)[N+](=O)[O-])c1ccccc1. The number of hydrogen-bond acceptors (Lipinski definition) is 6. The minimum atomic E-state index is -5.07. The molecule has 0 fully saturated rings. The molecule has 0 N–H and O–H groups in total. The second kappa shape index (κ2) is 4.05. The van der Waals surface area contributed by atoms with E-state index in [2.05, 4.69) is 4.18 Å². The molecular weight excluding hydrogens is 226 g/mol. The van der Waals surface area contributed by atoms with E-state index in [4.69, 9.17) is 0 Å². The van der Waals surface area contributed by atoms with Gasteiger partial charge in [0.25, 0.3) is 0 Å². The summed E-state index contributed by atoms with van der Waals surface area (Å²) in [6.45, 7) is 0. The standard InChI is InChI=1S/C7H5NO6S/c9-7(6-4-2-1-3-5-6)14-15(12,13)8(10)11/h1-5H. The molecule has 0 aliphatic rings. The third-order valence-corrected chi connectivity index (χ3v) is 2.10. The summed E-state index contributed by atoms with van der Waals surface area (Å²) in [6, 6.07) is 7.08. The van der Waals surface area contributed by atoms with E-state index in [1.165, 1.54) is 24.3 Å². The summed E-state index contributed by atoms with van der Waals surface area (Å²) in [6.07, 6.45) is 0. The van der Waals surface area contributed by atoms with E-state index < -0.39 is 20.6 Å². The summed E-state index contributed by atoms with van der Waals surface area (Å²) in [5.74, 6) is -1.28. The van der Waals surface area contributed by atoms with Crippen LogP contribution in [-0.2, 0) is 14.5 Å². The van der Waals surface area contributed by atoms with Crippen LogP contribution in [-0.4, -0.2) is 18.7 Å². The smallest absolute Gasteiger partial charge is 0.288 e. The van der Waals surface area contributed by atoms with Crippen LogP contribution in [0.4, 0.5) is 0 Å². The second-order valence-electron chi connectivity index (χ2n) is 2.39. The lowest BCUT2D eigenvalue weighted by Crippen LogP contribution is -2.20. The first kappa shape index (κ1) is 11.1. The number of benzene rings is 1. The van der Waals surface area contributed by atoms with E-state index in [9.17, 15) is 23.3 Å². The predicted octanol–water partition coefficient (Wildman–Crippen LogP) is 0.365. The number of rotatable bonds is 3. The third kappa shape index (κ3) is 2.74. The molecule has 0 aliphatic heterocycles. The number of nitrogens with zero attached hydrogens (tertiary/aromatic N) is 1. The minimum absolute atomic E-state index is 0.0806. The van der Waals surface area contributed by atoms with Crippen LogP contribution in [0.25, 0.3) is 0 Å². The van der Waals surface area contributed by atoms with Gasteiger partial charge < -0.3 is 0 Å². The fourth-order valence-corrected chi connectivity index (χ4v) is 1.10. The lowest BCUT2D eigenvalue weighted by molar-refractivity contribution is -0.316. The Labute approximate surface area is 84.7 Å². The molecule has 0 aromatic heterocycles. The molecule has 0 unspecified atom stereocenters. The molecule has 0 saturated carbocycles. The zero-order valence-corrected chi connectivity index (χ0v) is 8.01. The number of carbonyl (C=O) groups is 1. The molecule has 0 heterocycles. The van der Waals surface area contributed by atoms with E-state index in [0.717, 1.165) is 0 Å². The van der Waals surface area contributed by atoms with Gasteiger partial charge in [0.15, 0.2) is 4.33 Å². The summed E-state index contributed by atoms with van der Waals surface area (Å²) in [7, 11) is -5.07. The molecule has 0 bridgehead atoms. The maximum atomic E-state index is 11.1. The molecule has 1 aromatic rings. The lowest BCUT2D eigenvalue weighted by atomic mass is 10.2. The van der Waals surface area contributed by atoms with E-state index >= 15 is 0 Å². The van der Waals surface area contributed by atoms with Crippen molar-refractivity contribution >= 4 is 16.3 Å². The second-order valence-corrected chi connectivity index (χ2v) is 3.71. The molecule has 0 saturated heterocycles. The van der Waals surface area contributed by atoms with E-state index in [1.807, 2.05) is 0 Å². The van der Waals surface area contributed by atoms with E-state index in [1.54, 1.807) is 6.07 Å². The molecule has 0 aliphatic carbocycles. The molecule has 15 heavy (non-hydrogen) atoms. The molecule has 80 valence electrons. The Morgan fingerprint density at radius 2 is 1.80 bits per heavy atom. The Balaban J connectivity index is 2.87. The van der Waals surface area contributed by atoms with Crippen molar-refractivity contribution in [3.05, 3.63) is 46.0 Å². The van der Waals surface area contributed by atoms with Gasteiger partial charge in [-0.25, -0.2) is 14.9 Å². The van der Waals surface area contributed by atoms with Crippen molar-refractivity contribution in [1.82, 2.24) is 0 Å². The summed E-state index contributed by atoms with van der Waals surface area (Å²) in [5.41, 5.74) is -0.0806. The van der Waals surface area contributed by atoms with Gasteiger partial charge in [-0.05, 0) is 12.1 Å². The average Bonchev–Trinajstić information content (AvgIpc) is 2.18. The van der Waals surface area contributed by atoms with Crippen LogP contribution in [0.2, 0.25) is 0 Å². The molecule has 1 aromatic carbocycles. The Morgan fingerprint density at radius 1 is 1.27 bits per heavy atom. The van der Waals surface area contributed by atoms with E-state index in [0.29, 0.717) is 0 Å². The monoisotopic (exact) mass is 231 g/mol. The van der Waals surface area contributed by atoms with Crippen LogP contribution >= 0.6 is 0 Å². The fraction of sp³-hybridized carbons (Fsp3) is 0. The first-order valence-corrected chi connectivity index (χ1v) is 4.98. The predicted molar refractivity (Wildman–Crippen MR) is 47.8 cm³/mol. The van der Waals surface area contributed by atoms with Gasteiger partial charge in [-0.1, -0.05) is 18.2 Å². The van der Waals surface area contributed by atoms with Gasteiger partial charge in [0.2, 0.25) is 0 Å². The van der Waals surface area contributed by atoms with Crippen LogP contribution in [0.15, 0.2) is 30.3 Å². The lowest BCUT2D eigenvalue weighted by Gasteiger charge is -1.97. The molecule has 1 rings (SSSR count). The number of carbonyl (C=O) groups excluding carboxylic acids is 1. The first-order chi connectivity index (χ1) is 6.93. The topological polar surface area (TPSA) is 104 Å². The van der Waals surface area contributed by atoms with Crippen molar-refractivity contribution in [3.63, 3.8) is 0 Å². The summed E-state index contributed by atoms with van der Waals surface area (Å²) >= 11 is 0. The van der Waals surface area contributed by atoms with Crippen molar-refractivity contribution in [2.24, 2.45) is 0 Å². The van der Waals surface area contributed by atoms with Crippen LogP contribution in [0, 0.1) is 10.1 Å². The van der Waals surface area contributed by atoms with E-state index in [-0.39, 0.29) is 5.56 Å². The Hall–Kier alpha value is -1.96. The van der Waals surface area contributed by atoms with Gasteiger partial charge >= 0.3 is 16.3 Å². The van der Waals surface area contributed by atoms with Gasteiger partial charge in [-0.2, -0.15) is 0 Å². The zero-order valence-electron chi connectivity index (χ0n) is 7.19. The Morgan fingerprint density at radius 3 is 2.27 bits per heavy atom. The summed E-state index contributed by atoms with van der Waals surface area (Å²) in [5, 5.41) is 9.93. The van der Waals surface area contributed by atoms with Gasteiger partial charge in [0, 0.05) is 0 Å². The zero-order chi connectivity index (χ0) is 11.5. The average molecular weight is 231 g/mol. The van der Waals surface area contributed by atoms with Gasteiger partial charge in [0.1, 0.15) is 0 Å².